The number of hydrogen-bond donors (Lipinski definition) is 1. The molecule has 74 valence electrons. The van der Waals surface area contributed by atoms with Crippen LogP contribution in [0.5, 0.6) is 0 Å². The molecular formula is C10H17NO2. The van der Waals surface area contributed by atoms with E-state index in [4.69, 9.17) is 10.00 Å². The second kappa shape index (κ2) is 4.08. The Bertz CT molecular complexity index is 201. The molecule has 13 heavy (non-hydrogen) atoms. The average Bonchev–Trinajstić information content (AvgIpc) is 2.54. The Kier molecular flexibility index (Phi) is 3.29. The SMILES string of the molecule is CC(C#N)C(C)(O)CC1CCCO1. The quantitative estimate of drug-likeness (QED) is 0.720. The fraction of sp³-hybridized carbons (Fsp3) is 0.900. The van der Waals surface area contributed by atoms with Crippen molar-refractivity contribution in [3.8, 4) is 6.07 Å². The van der Waals surface area contributed by atoms with Gasteiger partial charge in [0.25, 0.3) is 0 Å². The van der Waals surface area contributed by atoms with Crippen molar-refractivity contribution in [1.29, 1.82) is 5.26 Å². The van der Waals surface area contributed by atoms with E-state index in [2.05, 4.69) is 6.07 Å². The fourth-order valence-corrected chi connectivity index (χ4v) is 1.58. The van der Waals surface area contributed by atoms with E-state index in [1.807, 2.05) is 0 Å². The van der Waals surface area contributed by atoms with Gasteiger partial charge in [0, 0.05) is 13.0 Å². The monoisotopic (exact) mass is 183 g/mol. The molecule has 1 rings (SSSR count). The zero-order chi connectivity index (χ0) is 9.90. The van der Waals surface area contributed by atoms with Crippen LogP contribution in [-0.4, -0.2) is 23.4 Å². The third kappa shape index (κ3) is 2.68. The second-order valence-corrected chi connectivity index (χ2v) is 4.05. The molecule has 3 nitrogen and oxygen atoms in total. The molecule has 0 aliphatic carbocycles. The molecule has 0 aromatic carbocycles. The lowest BCUT2D eigenvalue weighted by atomic mass is 9.86. The van der Waals surface area contributed by atoms with Crippen molar-refractivity contribution < 1.29 is 9.84 Å². The summed E-state index contributed by atoms with van der Waals surface area (Å²) in [6, 6.07) is 2.07. The largest absolute Gasteiger partial charge is 0.389 e. The molecule has 1 aliphatic heterocycles. The van der Waals surface area contributed by atoms with Gasteiger partial charge >= 0.3 is 0 Å². The van der Waals surface area contributed by atoms with Gasteiger partial charge in [0.05, 0.1) is 23.7 Å². The number of nitrogens with zero attached hydrogens (tertiary/aromatic N) is 1. The maximum Gasteiger partial charge on any atom is 0.0799 e. The molecule has 0 aromatic rings. The summed E-state index contributed by atoms with van der Waals surface area (Å²) in [7, 11) is 0. The Morgan fingerprint density at radius 2 is 2.46 bits per heavy atom. The van der Waals surface area contributed by atoms with Crippen molar-refractivity contribution in [2.75, 3.05) is 6.61 Å². The molecule has 1 N–H and O–H groups in total. The lowest BCUT2D eigenvalue weighted by molar-refractivity contribution is -0.0280. The van der Waals surface area contributed by atoms with E-state index in [1.165, 1.54) is 0 Å². The summed E-state index contributed by atoms with van der Waals surface area (Å²) in [5.41, 5.74) is -0.913. The minimum absolute atomic E-state index is 0.144. The number of ether oxygens (including phenoxy) is 1. The molecule has 1 fully saturated rings. The normalized spacial score (nSPS) is 29.2. The Morgan fingerprint density at radius 1 is 1.77 bits per heavy atom. The summed E-state index contributed by atoms with van der Waals surface area (Å²) in [5, 5.41) is 18.6. The minimum Gasteiger partial charge on any atom is -0.389 e. The molecule has 0 radical (unpaired) electrons. The Labute approximate surface area is 79.3 Å². The van der Waals surface area contributed by atoms with Gasteiger partial charge < -0.3 is 9.84 Å². The van der Waals surface area contributed by atoms with E-state index in [9.17, 15) is 5.11 Å². The number of nitriles is 1. The van der Waals surface area contributed by atoms with Gasteiger partial charge in [-0.15, -0.1) is 0 Å². The standard InChI is InChI=1S/C10H17NO2/c1-8(7-11)10(2,12)6-9-4-3-5-13-9/h8-9,12H,3-6H2,1-2H3. The average molecular weight is 183 g/mol. The number of hydrogen-bond acceptors (Lipinski definition) is 3. The number of aliphatic hydroxyl groups is 1. The molecule has 0 bridgehead atoms. The van der Waals surface area contributed by atoms with Gasteiger partial charge in [0.2, 0.25) is 0 Å². The van der Waals surface area contributed by atoms with Crippen LogP contribution >= 0.6 is 0 Å². The maximum absolute atomic E-state index is 9.94. The molecular weight excluding hydrogens is 166 g/mol. The molecule has 0 spiro atoms. The van der Waals surface area contributed by atoms with Crippen molar-refractivity contribution in [2.24, 2.45) is 5.92 Å². The van der Waals surface area contributed by atoms with Crippen LogP contribution in [0.3, 0.4) is 0 Å². The van der Waals surface area contributed by atoms with Gasteiger partial charge in [-0.1, -0.05) is 0 Å². The van der Waals surface area contributed by atoms with E-state index >= 15 is 0 Å². The van der Waals surface area contributed by atoms with Gasteiger partial charge in [-0.3, -0.25) is 0 Å². The van der Waals surface area contributed by atoms with E-state index in [-0.39, 0.29) is 12.0 Å². The Hall–Kier alpha value is -0.590. The van der Waals surface area contributed by atoms with Crippen molar-refractivity contribution in [3.63, 3.8) is 0 Å². The highest BCUT2D eigenvalue weighted by Crippen LogP contribution is 2.27. The van der Waals surface area contributed by atoms with Gasteiger partial charge in [-0.2, -0.15) is 5.26 Å². The first kappa shape index (κ1) is 10.5. The summed E-state index contributed by atoms with van der Waals surface area (Å²) in [6.45, 7) is 4.25. The summed E-state index contributed by atoms with van der Waals surface area (Å²) in [4.78, 5) is 0. The second-order valence-electron chi connectivity index (χ2n) is 4.05. The zero-order valence-electron chi connectivity index (χ0n) is 8.29. The molecule has 1 aliphatic rings. The molecule has 0 saturated carbocycles. The van der Waals surface area contributed by atoms with E-state index < -0.39 is 5.60 Å². The first-order valence-electron chi connectivity index (χ1n) is 4.80. The fourth-order valence-electron chi connectivity index (χ4n) is 1.58. The van der Waals surface area contributed by atoms with Crippen LogP contribution in [0.2, 0.25) is 0 Å². The van der Waals surface area contributed by atoms with E-state index in [0.717, 1.165) is 19.4 Å². The van der Waals surface area contributed by atoms with Crippen LogP contribution in [0.1, 0.15) is 33.1 Å². The van der Waals surface area contributed by atoms with Crippen molar-refractivity contribution in [1.82, 2.24) is 0 Å². The summed E-state index contributed by atoms with van der Waals surface area (Å²) in [6.07, 6.45) is 2.79. The van der Waals surface area contributed by atoms with Gasteiger partial charge in [-0.25, -0.2) is 0 Å². The molecule has 0 aromatic heterocycles. The topological polar surface area (TPSA) is 53.2 Å². The Morgan fingerprint density at radius 3 is 2.92 bits per heavy atom. The van der Waals surface area contributed by atoms with Crippen molar-refractivity contribution in [2.45, 2.75) is 44.8 Å². The predicted octanol–water partition coefficient (Wildman–Crippen LogP) is 1.47. The van der Waals surface area contributed by atoms with Crippen LogP contribution in [0.4, 0.5) is 0 Å². The lowest BCUT2D eigenvalue weighted by Crippen LogP contribution is -2.35. The van der Waals surface area contributed by atoms with Crippen LogP contribution in [0.25, 0.3) is 0 Å². The molecule has 3 atom stereocenters. The molecule has 3 heteroatoms. The van der Waals surface area contributed by atoms with Gasteiger partial charge in [0.1, 0.15) is 0 Å². The van der Waals surface area contributed by atoms with Crippen LogP contribution < -0.4 is 0 Å². The van der Waals surface area contributed by atoms with Crippen LogP contribution in [0, 0.1) is 17.2 Å². The van der Waals surface area contributed by atoms with Gasteiger partial charge in [0.15, 0.2) is 0 Å². The van der Waals surface area contributed by atoms with Crippen molar-refractivity contribution >= 4 is 0 Å². The smallest absolute Gasteiger partial charge is 0.0799 e. The van der Waals surface area contributed by atoms with Crippen LogP contribution in [0.15, 0.2) is 0 Å². The van der Waals surface area contributed by atoms with Crippen molar-refractivity contribution in [3.05, 3.63) is 0 Å². The highest BCUT2D eigenvalue weighted by Gasteiger charge is 2.33. The highest BCUT2D eigenvalue weighted by molar-refractivity contribution is 4.95. The van der Waals surface area contributed by atoms with E-state index in [1.54, 1.807) is 13.8 Å². The Balaban J connectivity index is 2.45. The summed E-state index contributed by atoms with van der Waals surface area (Å²) < 4.78 is 5.41. The van der Waals surface area contributed by atoms with E-state index in [0.29, 0.717) is 6.42 Å². The first-order valence-corrected chi connectivity index (χ1v) is 4.80. The third-order valence-electron chi connectivity index (χ3n) is 2.79. The molecule has 1 heterocycles. The lowest BCUT2D eigenvalue weighted by Gasteiger charge is -2.28. The summed E-state index contributed by atoms with van der Waals surface area (Å²) >= 11 is 0. The zero-order valence-corrected chi connectivity index (χ0v) is 8.29. The summed E-state index contributed by atoms with van der Waals surface area (Å²) in [5.74, 6) is -0.336. The number of rotatable bonds is 3. The first-order chi connectivity index (χ1) is 6.06. The molecule has 0 amide bonds. The highest BCUT2D eigenvalue weighted by atomic mass is 16.5. The molecule has 3 unspecified atom stereocenters. The minimum atomic E-state index is -0.913. The molecule has 1 saturated heterocycles. The van der Waals surface area contributed by atoms with Crippen LogP contribution in [-0.2, 0) is 4.74 Å². The third-order valence-corrected chi connectivity index (χ3v) is 2.79. The maximum atomic E-state index is 9.94. The predicted molar refractivity (Wildman–Crippen MR) is 49.0 cm³/mol. The van der Waals surface area contributed by atoms with Gasteiger partial charge in [-0.05, 0) is 26.7 Å².